The van der Waals surface area contributed by atoms with Crippen molar-refractivity contribution in [2.45, 2.75) is 57.0 Å². The lowest BCUT2D eigenvalue weighted by atomic mass is 10.0. The largest absolute Gasteiger partial charge is 0.416 e. The summed E-state index contributed by atoms with van der Waals surface area (Å²) in [6, 6.07) is 4.06. The van der Waals surface area contributed by atoms with Crippen LogP contribution in [0.2, 0.25) is 0 Å². The number of likely N-dealkylation sites (tertiary alicyclic amines) is 1. The maximum Gasteiger partial charge on any atom is 0.416 e. The molecule has 2 aliphatic heterocycles. The zero-order valence-electron chi connectivity index (χ0n) is 16.9. The molecular formula is C21H27F3N2O4. The summed E-state index contributed by atoms with van der Waals surface area (Å²) in [5, 5.41) is 2.77. The van der Waals surface area contributed by atoms with Gasteiger partial charge in [-0.05, 0) is 43.9 Å². The number of ether oxygens (including phenoxy) is 2. The Morgan fingerprint density at radius 2 is 2.17 bits per heavy atom. The van der Waals surface area contributed by atoms with Gasteiger partial charge >= 0.3 is 6.18 Å². The van der Waals surface area contributed by atoms with Crippen molar-refractivity contribution < 1.29 is 32.2 Å². The quantitative estimate of drug-likeness (QED) is 0.691. The van der Waals surface area contributed by atoms with Crippen LogP contribution >= 0.6 is 0 Å². The summed E-state index contributed by atoms with van der Waals surface area (Å²) in [6.07, 6.45) is -2.40. The van der Waals surface area contributed by atoms with Gasteiger partial charge in [-0.3, -0.25) is 9.59 Å². The molecule has 3 atom stereocenters. The Morgan fingerprint density at radius 3 is 2.80 bits per heavy atom. The molecule has 0 spiro atoms. The van der Waals surface area contributed by atoms with Gasteiger partial charge in [0.05, 0.1) is 24.3 Å². The number of nitrogens with one attached hydrogen (secondary N) is 1. The van der Waals surface area contributed by atoms with E-state index in [1.165, 1.54) is 12.1 Å². The number of hydrogen-bond donors (Lipinski definition) is 1. The van der Waals surface area contributed by atoms with E-state index in [0.29, 0.717) is 31.6 Å². The van der Waals surface area contributed by atoms with Gasteiger partial charge in [-0.2, -0.15) is 13.2 Å². The van der Waals surface area contributed by atoms with E-state index in [4.69, 9.17) is 9.47 Å². The van der Waals surface area contributed by atoms with E-state index in [9.17, 15) is 22.8 Å². The zero-order chi connectivity index (χ0) is 21.7. The van der Waals surface area contributed by atoms with Gasteiger partial charge in [0.25, 0.3) is 0 Å². The first-order valence-electron chi connectivity index (χ1n) is 10.2. The van der Waals surface area contributed by atoms with Crippen LogP contribution in [-0.2, 0) is 25.2 Å². The molecule has 0 bridgehead atoms. The molecule has 2 aliphatic rings. The minimum atomic E-state index is -4.49. The highest BCUT2D eigenvalue weighted by Crippen LogP contribution is 2.31. The Bertz CT molecular complexity index is 750. The maximum absolute atomic E-state index is 13.2. The second kappa shape index (κ2) is 9.78. The molecule has 3 rings (SSSR count). The average molecular weight is 428 g/mol. The van der Waals surface area contributed by atoms with Crippen molar-refractivity contribution in [3.63, 3.8) is 0 Å². The SMILES string of the molecule is CC(OCC1CCCO1)C(=O)NC(CN1CCCC1=O)c1cccc(C(F)(F)F)c1. The van der Waals surface area contributed by atoms with Crippen LogP contribution in [-0.4, -0.2) is 55.2 Å². The third kappa shape index (κ3) is 5.95. The van der Waals surface area contributed by atoms with Gasteiger partial charge < -0.3 is 19.7 Å². The number of hydrogen-bond acceptors (Lipinski definition) is 4. The summed E-state index contributed by atoms with van der Waals surface area (Å²) in [7, 11) is 0. The first-order chi connectivity index (χ1) is 14.2. The fourth-order valence-corrected chi connectivity index (χ4v) is 3.68. The summed E-state index contributed by atoms with van der Waals surface area (Å²) in [4.78, 5) is 26.3. The third-order valence-electron chi connectivity index (χ3n) is 5.43. The van der Waals surface area contributed by atoms with Gasteiger partial charge in [0.2, 0.25) is 11.8 Å². The van der Waals surface area contributed by atoms with E-state index in [0.717, 1.165) is 25.0 Å². The smallest absolute Gasteiger partial charge is 0.376 e. The molecule has 1 aromatic rings. The van der Waals surface area contributed by atoms with Crippen LogP contribution in [0.4, 0.5) is 13.2 Å². The van der Waals surface area contributed by atoms with Gasteiger partial charge in [0.15, 0.2) is 0 Å². The van der Waals surface area contributed by atoms with E-state index in [1.807, 2.05) is 0 Å². The average Bonchev–Trinajstić information content (AvgIpc) is 3.37. The van der Waals surface area contributed by atoms with Crippen molar-refractivity contribution in [1.82, 2.24) is 10.2 Å². The number of nitrogens with zero attached hydrogens (tertiary/aromatic N) is 1. The standard InChI is InChI=1S/C21H27F3N2O4/c1-14(30-13-17-7-4-10-29-17)20(28)25-18(12-26-9-3-8-19(26)27)15-5-2-6-16(11-15)21(22,23)24/h2,5-6,11,14,17-18H,3-4,7-10,12-13H2,1H3,(H,25,28). The summed E-state index contributed by atoms with van der Waals surface area (Å²) in [5.41, 5.74) is -0.501. The molecular weight excluding hydrogens is 401 g/mol. The van der Waals surface area contributed by atoms with Gasteiger partial charge in [-0.15, -0.1) is 0 Å². The molecule has 0 aliphatic carbocycles. The number of alkyl halides is 3. The highest BCUT2D eigenvalue weighted by Gasteiger charge is 2.32. The molecule has 2 amide bonds. The number of carbonyl (C=O) groups is 2. The van der Waals surface area contributed by atoms with E-state index in [-0.39, 0.29) is 25.2 Å². The van der Waals surface area contributed by atoms with Gasteiger partial charge in [-0.25, -0.2) is 0 Å². The van der Waals surface area contributed by atoms with Crippen LogP contribution in [0.25, 0.3) is 0 Å². The number of amides is 2. The zero-order valence-corrected chi connectivity index (χ0v) is 16.9. The van der Waals surface area contributed by atoms with Gasteiger partial charge in [-0.1, -0.05) is 12.1 Å². The van der Waals surface area contributed by atoms with Crippen LogP contribution in [0, 0.1) is 0 Å². The second-order valence-corrected chi connectivity index (χ2v) is 7.74. The normalized spacial score (nSPS) is 21.7. The summed E-state index contributed by atoms with van der Waals surface area (Å²) in [5.74, 6) is -0.508. The second-order valence-electron chi connectivity index (χ2n) is 7.74. The summed E-state index contributed by atoms with van der Waals surface area (Å²) in [6.45, 7) is 3.19. The molecule has 2 fully saturated rings. The molecule has 2 heterocycles. The predicted molar refractivity (Wildman–Crippen MR) is 103 cm³/mol. The fourth-order valence-electron chi connectivity index (χ4n) is 3.68. The number of benzene rings is 1. The number of rotatable bonds is 8. The molecule has 2 saturated heterocycles. The molecule has 3 unspecified atom stereocenters. The summed E-state index contributed by atoms with van der Waals surface area (Å²) >= 11 is 0. The van der Waals surface area contributed by atoms with Crippen molar-refractivity contribution >= 4 is 11.8 Å². The molecule has 0 aromatic heterocycles. The molecule has 30 heavy (non-hydrogen) atoms. The van der Waals surface area contributed by atoms with Crippen LogP contribution < -0.4 is 5.32 Å². The molecule has 1 N–H and O–H groups in total. The first kappa shape index (κ1) is 22.6. The van der Waals surface area contributed by atoms with Crippen molar-refractivity contribution in [1.29, 1.82) is 0 Å². The Labute approximate surface area is 173 Å². The van der Waals surface area contributed by atoms with Crippen molar-refractivity contribution in [3.8, 4) is 0 Å². The van der Waals surface area contributed by atoms with Crippen LogP contribution in [0.1, 0.15) is 49.8 Å². The lowest BCUT2D eigenvalue weighted by molar-refractivity contribution is -0.137. The Kier molecular flexibility index (Phi) is 7.36. The first-order valence-corrected chi connectivity index (χ1v) is 10.2. The predicted octanol–water partition coefficient (Wildman–Crippen LogP) is 3.07. The summed E-state index contributed by atoms with van der Waals surface area (Å²) < 4.78 is 50.5. The molecule has 1 aromatic carbocycles. The highest BCUT2D eigenvalue weighted by molar-refractivity contribution is 5.81. The minimum Gasteiger partial charge on any atom is -0.376 e. The van der Waals surface area contributed by atoms with E-state index < -0.39 is 29.8 Å². The number of halogens is 3. The van der Waals surface area contributed by atoms with Crippen LogP contribution in [0.5, 0.6) is 0 Å². The molecule has 166 valence electrons. The van der Waals surface area contributed by atoms with E-state index >= 15 is 0 Å². The molecule has 6 nitrogen and oxygen atoms in total. The lowest BCUT2D eigenvalue weighted by Crippen LogP contribution is -2.43. The van der Waals surface area contributed by atoms with Gasteiger partial charge in [0.1, 0.15) is 6.10 Å². The Hall–Kier alpha value is -2.13. The molecule has 0 saturated carbocycles. The fraction of sp³-hybridized carbons (Fsp3) is 0.619. The van der Waals surface area contributed by atoms with Crippen molar-refractivity contribution in [2.24, 2.45) is 0 Å². The highest BCUT2D eigenvalue weighted by atomic mass is 19.4. The van der Waals surface area contributed by atoms with Crippen LogP contribution in [0.15, 0.2) is 24.3 Å². The monoisotopic (exact) mass is 428 g/mol. The third-order valence-corrected chi connectivity index (χ3v) is 5.43. The Balaban J connectivity index is 1.70. The Morgan fingerprint density at radius 1 is 1.37 bits per heavy atom. The molecule has 0 radical (unpaired) electrons. The lowest BCUT2D eigenvalue weighted by Gasteiger charge is -2.27. The topological polar surface area (TPSA) is 67.9 Å². The minimum absolute atomic E-state index is 0.0401. The van der Waals surface area contributed by atoms with Gasteiger partial charge in [0, 0.05) is 26.1 Å². The van der Waals surface area contributed by atoms with Crippen molar-refractivity contribution in [2.75, 3.05) is 26.3 Å². The van der Waals surface area contributed by atoms with Crippen molar-refractivity contribution in [3.05, 3.63) is 35.4 Å². The van der Waals surface area contributed by atoms with E-state index in [1.54, 1.807) is 11.8 Å². The maximum atomic E-state index is 13.2. The van der Waals surface area contributed by atoms with Crippen LogP contribution in [0.3, 0.4) is 0 Å². The number of carbonyl (C=O) groups excluding carboxylic acids is 2. The molecule has 9 heteroatoms. The van der Waals surface area contributed by atoms with E-state index in [2.05, 4.69) is 5.32 Å².